The average molecular weight is 220 g/mol. The summed E-state index contributed by atoms with van der Waals surface area (Å²) >= 11 is 0. The molecule has 1 atom stereocenters. The van der Waals surface area contributed by atoms with Gasteiger partial charge in [-0.15, -0.1) is 0 Å². The summed E-state index contributed by atoms with van der Waals surface area (Å²) in [6, 6.07) is 1.69. The Labute approximate surface area is 93.7 Å². The van der Waals surface area contributed by atoms with E-state index in [1.807, 2.05) is 13.8 Å². The highest BCUT2D eigenvalue weighted by molar-refractivity contribution is 6.06. The number of carbonyl (C=O) groups excluding carboxylic acids is 2. The average Bonchev–Trinajstić information content (AvgIpc) is 2.30. The maximum atomic E-state index is 12.0. The van der Waals surface area contributed by atoms with E-state index in [2.05, 4.69) is 4.98 Å². The van der Waals surface area contributed by atoms with Gasteiger partial charge in [-0.25, -0.2) is 0 Å². The maximum Gasteiger partial charge on any atom is 0.408 e. The van der Waals surface area contributed by atoms with Gasteiger partial charge >= 0.3 is 11.9 Å². The minimum atomic E-state index is -0.568. The van der Waals surface area contributed by atoms with Crippen molar-refractivity contribution in [3.63, 3.8) is 0 Å². The number of nitrogens with zero attached hydrogens (tertiary/aromatic N) is 3. The van der Waals surface area contributed by atoms with E-state index in [9.17, 15) is 9.59 Å². The summed E-state index contributed by atoms with van der Waals surface area (Å²) in [4.78, 5) is 29.6. The fourth-order valence-electron chi connectivity index (χ4n) is 1.94. The Bertz CT molecular complexity index is 445. The second-order valence-corrected chi connectivity index (χ2v) is 3.67. The predicted octanol–water partition coefficient (Wildman–Crippen LogP) is 0.402. The van der Waals surface area contributed by atoms with Gasteiger partial charge in [0.2, 0.25) is 0 Å². The number of amides is 1. The van der Waals surface area contributed by atoms with E-state index in [0.29, 0.717) is 18.9 Å². The molecular formula is C11H14N3O2+. The van der Waals surface area contributed by atoms with Crippen molar-refractivity contribution in [2.45, 2.75) is 20.3 Å². The number of carbonyl (C=O) groups is 2. The zero-order valence-corrected chi connectivity index (χ0v) is 9.38. The molecule has 1 aliphatic heterocycles. The first-order valence-corrected chi connectivity index (χ1v) is 5.43. The molecule has 0 fully saturated rings. The highest BCUT2D eigenvalue weighted by Crippen LogP contribution is 2.18. The van der Waals surface area contributed by atoms with Crippen LogP contribution in [0.1, 0.15) is 25.1 Å². The van der Waals surface area contributed by atoms with Gasteiger partial charge in [-0.1, -0.05) is 11.9 Å². The fourth-order valence-corrected chi connectivity index (χ4v) is 1.94. The van der Waals surface area contributed by atoms with Crippen molar-refractivity contribution in [3.05, 3.63) is 18.5 Å². The summed E-state index contributed by atoms with van der Waals surface area (Å²) < 4.78 is 1.46. The summed E-state index contributed by atoms with van der Waals surface area (Å²) in [7, 11) is 0. The van der Waals surface area contributed by atoms with Crippen molar-refractivity contribution >= 4 is 17.8 Å². The van der Waals surface area contributed by atoms with Crippen molar-refractivity contribution in [3.8, 4) is 0 Å². The molecule has 2 heterocycles. The SMILES string of the molecule is CCC1C(=O)N(CC)c2nccc[n+]2C1=O. The molecule has 1 unspecified atom stereocenters. The highest BCUT2D eigenvalue weighted by Gasteiger charge is 2.44. The van der Waals surface area contributed by atoms with Gasteiger partial charge in [-0.05, 0) is 13.3 Å². The second kappa shape index (κ2) is 4.00. The zero-order valence-electron chi connectivity index (χ0n) is 9.38. The lowest BCUT2D eigenvalue weighted by atomic mass is 10.0. The summed E-state index contributed by atoms with van der Waals surface area (Å²) in [6.07, 6.45) is 3.76. The van der Waals surface area contributed by atoms with Gasteiger partial charge in [0.05, 0.1) is 12.7 Å². The molecule has 0 radical (unpaired) electrons. The van der Waals surface area contributed by atoms with Crippen LogP contribution in [-0.2, 0) is 4.79 Å². The molecule has 2 rings (SSSR count). The largest absolute Gasteiger partial charge is 0.408 e. The minimum Gasteiger partial charge on any atom is -0.255 e. The number of aromatic nitrogens is 2. The second-order valence-electron chi connectivity index (χ2n) is 3.67. The van der Waals surface area contributed by atoms with Crippen LogP contribution in [0.25, 0.3) is 0 Å². The number of anilines is 1. The molecule has 0 bridgehead atoms. The number of fused-ring (bicyclic) bond motifs is 1. The molecule has 84 valence electrons. The lowest BCUT2D eigenvalue weighted by Crippen LogP contribution is -2.61. The van der Waals surface area contributed by atoms with E-state index in [1.165, 1.54) is 4.57 Å². The molecule has 0 aliphatic carbocycles. The van der Waals surface area contributed by atoms with Crippen molar-refractivity contribution in [2.75, 3.05) is 11.4 Å². The first-order valence-electron chi connectivity index (χ1n) is 5.43. The van der Waals surface area contributed by atoms with Gasteiger partial charge in [0.1, 0.15) is 12.1 Å². The molecular weight excluding hydrogens is 206 g/mol. The smallest absolute Gasteiger partial charge is 0.255 e. The molecule has 0 N–H and O–H groups in total. The van der Waals surface area contributed by atoms with Crippen LogP contribution < -0.4 is 9.47 Å². The molecule has 0 saturated heterocycles. The molecule has 5 heteroatoms. The van der Waals surface area contributed by atoms with E-state index in [4.69, 9.17) is 0 Å². The van der Waals surface area contributed by atoms with Gasteiger partial charge in [-0.2, -0.15) is 9.47 Å². The lowest BCUT2D eigenvalue weighted by Gasteiger charge is -2.24. The van der Waals surface area contributed by atoms with Crippen molar-refractivity contribution < 1.29 is 14.2 Å². The predicted molar refractivity (Wildman–Crippen MR) is 56.9 cm³/mol. The summed E-state index contributed by atoms with van der Waals surface area (Å²) in [5.41, 5.74) is 0. The normalized spacial score (nSPS) is 19.9. The third-order valence-corrected chi connectivity index (χ3v) is 2.79. The Hall–Kier alpha value is -1.78. The van der Waals surface area contributed by atoms with Gasteiger partial charge in [0.25, 0.3) is 5.91 Å². The van der Waals surface area contributed by atoms with Crippen molar-refractivity contribution in [1.82, 2.24) is 4.98 Å². The van der Waals surface area contributed by atoms with Gasteiger partial charge in [-0.3, -0.25) is 9.59 Å². The van der Waals surface area contributed by atoms with Crippen LogP contribution >= 0.6 is 0 Å². The van der Waals surface area contributed by atoms with Crippen LogP contribution in [0.15, 0.2) is 18.5 Å². The van der Waals surface area contributed by atoms with E-state index < -0.39 is 5.92 Å². The van der Waals surface area contributed by atoms with Crippen LogP contribution in [0.4, 0.5) is 5.95 Å². The molecule has 1 aliphatic rings. The first kappa shape index (κ1) is 10.7. The van der Waals surface area contributed by atoms with Crippen LogP contribution in [0.3, 0.4) is 0 Å². The van der Waals surface area contributed by atoms with E-state index in [1.54, 1.807) is 23.4 Å². The highest BCUT2D eigenvalue weighted by atomic mass is 16.2. The monoisotopic (exact) mass is 220 g/mol. The van der Waals surface area contributed by atoms with Crippen LogP contribution in [-0.4, -0.2) is 23.3 Å². The van der Waals surface area contributed by atoms with E-state index in [-0.39, 0.29) is 11.8 Å². The summed E-state index contributed by atoms with van der Waals surface area (Å²) in [6.45, 7) is 4.25. The third-order valence-electron chi connectivity index (χ3n) is 2.79. The van der Waals surface area contributed by atoms with Gasteiger partial charge in [0.15, 0.2) is 0 Å². The molecule has 16 heavy (non-hydrogen) atoms. The third kappa shape index (κ3) is 1.39. The number of hydrogen-bond acceptors (Lipinski definition) is 3. The Morgan fingerprint density at radius 3 is 2.81 bits per heavy atom. The van der Waals surface area contributed by atoms with Crippen LogP contribution in [0, 0.1) is 5.92 Å². The van der Waals surface area contributed by atoms with Crippen LogP contribution in [0.2, 0.25) is 0 Å². The summed E-state index contributed by atoms with van der Waals surface area (Å²) in [5, 5.41) is 0. The molecule has 0 spiro atoms. The van der Waals surface area contributed by atoms with Crippen molar-refractivity contribution in [2.24, 2.45) is 5.92 Å². The van der Waals surface area contributed by atoms with E-state index in [0.717, 1.165) is 0 Å². The molecule has 0 saturated carbocycles. The topological polar surface area (TPSA) is 54.2 Å². The molecule has 5 nitrogen and oxygen atoms in total. The Kier molecular flexibility index (Phi) is 2.68. The van der Waals surface area contributed by atoms with Gasteiger partial charge in [0, 0.05) is 6.07 Å². The van der Waals surface area contributed by atoms with Crippen molar-refractivity contribution in [1.29, 1.82) is 0 Å². The maximum absolute atomic E-state index is 12.0. The summed E-state index contributed by atoms with van der Waals surface area (Å²) in [5.74, 6) is -0.472. The quantitative estimate of drug-likeness (QED) is 0.535. The number of hydrogen-bond donors (Lipinski definition) is 0. The Morgan fingerprint density at radius 1 is 1.44 bits per heavy atom. The van der Waals surface area contributed by atoms with E-state index >= 15 is 0 Å². The Morgan fingerprint density at radius 2 is 2.19 bits per heavy atom. The molecule has 1 aromatic rings. The minimum absolute atomic E-state index is 0.145. The number of rotatable bonds is 2. The van der Waals surface area contributed by atoms with Gasteiger partial charge < -0.3 is 0 Å². The molecule has 0 aromatic carbocycles. The zero-order chi connectivity index (χ0) is 11.7. The standard InChI is InChI=1S/C11H14N3O2/c1-3-8-9(15)13(4-2)11-12-6-5-7-14(11)10(8)16/h5-8H,3-4H2,1-2H3/q+1. The van der Waals surface area contributed by atoms with Crippen LogP contribution in [0.5, 0.6) is 0 Å². The fraction of sp³-hybridized carbons (Fsp3) is 0.455. The molecule has 1 aromatic heterocycles. The lowest BCUT2D eigenvalue weighted by molar-refractivity contribution is -0.568. The Balaban J connectivity index is 2.56. The first-order chi connectivity index (χ1) is 7.70. The molecule has 1 amide bonds.